The van der Waals surface area contributed by atoms with Gasteiger partial charge in [0.1, 0.15) is 17.3 Å². The Balaban J connectivity index is 1.34. The zero-order valence-electron chi connectivity index (χ0n) is 19.8. The van der Waals surface area contributed by atoms with Crippen LogP contribution >= 0.6 is 0 Å². The average Bonchev–Trinajstić information content (AvgIpc) is 3.73. The van der Waals surface area contributed by atoms with Gasteiger partial charge < -0.3 is 4.90 Å². The van der Waals surface area contributed by atoms with E-state index in [0.29, 0.717) is 23.7 Å². The summed E-state index contributed by atoms with van der Waals surface area (Å²) in [7, 11) is 0. The minimum atomic E-state index is -0.410. The number of aromatic nitrogens is 1. The van der Waals surface area contributed by atoms with Crippen molar-refractivity contribution in [3.05, 3.63) is 101 Å². The predicted molar refractivity (Wildman–Crippen MR) is 132 cm³/mol. The van der Waals surface area contributed by atoms with Gasteiger partial charge in [0, 0.05) is 30.4 Å². The third-order valence-corrected chi connectivity index (χ3v) is 7.28. The maximum atomic E-state index is 14.2. The maximum absolute atomic E-state index is 14.2. The number of amides is 1. The number of halogens is 2. The first-order chi connectivity index (χ1) is 17.1. The SMILES string of the molecule is O=C(c1ccccn1)N(C1CC1)[C@H](Cc1ccccc1)C1CCN(Cc2cc(F)ccc2F)CC1. The van der Waals surface area contributed by atoms with Crippen LogP contribution in [0.25, 0.3) is 0 Å². The van der Waals surface area contributed by atoms with Crippen molar-refractivity contribution >= 4 is 5.91 Å². The molecule has 1 saturated carbocycles. The number of hydrogen-bond acceptors (Lipinski definition) is 3. The van der Waals surface area contributed by atoms with Gasteiger partial charge in [0.05, 0.1) is 0 Å². The van der Waals surface area contributed by atoms with Crippen molar-refractivity contribution in [1.82, 2.24) is 14.8 Å². The van der Waals surface area contributed by atoms with Gasteiger partial charge in [-0.15, -0.1) is 0 Å². The molecule has 5 rings (SSSR count). The zero-order valence-corrected chi connectivity index (χ0v) is 19.8. The molecule has 0 spiro atoms. The quantitative estimate of drug-likeness (QED) is 0.432. The molecule has 1 amide bonds. The van der Waals surface area contributed by atoms with E-state index in [-0.39, 0.29) is 23.8 Å². The van der Waals surface area contributed by atoms with E-state index in [1.165, 1.54) is 17.7 Å². The Labute approximate surface area is 205 Å². The number of hydrogen-bond donors (Lipinski definition) is 0. The molecule has 0 N–H and O–H groups in total. The Kier molecular flexibility index (Phi) is 7.19. The molecule has 2 fully saturated rings. The predicted octanol–water partition coefficient (Wildman–Crippen LogP) is 5.49. The van der Waals surface area contributed by atoms with Crippen molar-refractivity contribution < 1.29 is 13.6 Å². The fourth-order valence-electron chi connectivity index (χ4n) is 5.31. The average molecular weight is 476 g/mol. The molecule has 0 bridgehead atoms. The third-order valence-electron chi connectivity index (χ3n) is 7.28. The Morgan fingerprint density at radius 1 is 0.971 bits per heavy atom. The highest BCUT2D eigenvalue weighted by Gasteiger charge is 2.42. The van der Waals surface area contributed by atoms with Crippen molar-refractivity contribution in [2.24, 2.45) is 5.92 Å². The lowest BCUT2D eigenvalue weighted by Crippen LogP contribution is -2.50. The van der Waals surface area contributed by atoms with Crippen LogP contribution < -0.4 is 0 Å². The number of benzene rings is 2. The molecule has 2 aromatic carbocycles. The van der Waals surface area contributed by atoms with Gasteiger partial charge in [0.2, 0.25) is 0 Å². The van der Waals surface area contributed by atoms with Crippen LogP contribution in [0.3, 0.4) is 0 Å². The number of carbonyl (C=O) groups excluding carboxylic acids is 1. The lowest BCUT2D eigenvalue weighted by Gasteiger charge is -2.42. The molecule has 6 heteroatoms. The van der Waals surface area contributed by atoms with E-state index in [4.69, 9.17) is 0 Å². The van der Waals surface area contributed by atoms with Gasteiger partial charge in [-0.05, 0) is 87.0 Å². The number of likely N-dealkylation sites (tertiary alicyclic amines) is 1. The molecule has 182 valence electrons. The first-order valence-corrected chi connectivity index (χ1v) is 12.5. The van der Waals surface area contributed by atoms with E-state index in [9.17, 15) is 13.6 Å². The second-order valence-electron chi connectivity index (χ2n) is 9.76. The Morgan fingerprint density at radius 3 is 2.40 bits per heavy atom. The Morgan fingerprint density at radius 2 is 1.71 bits per heavy atom. The summed E-state index contributed by atoms with van der Waals surface area (Å²) in [4.78, 5) is 22.3. The lowest BCUT2D eigenvalue weighted by atomic mass is 9.84. The second-order valence-corrected chi connectivity index (χ2v) is 9.76. The van der Waals surface area contributed by atoms with E-state index in [1.807, 2.05) is 30.3 Å². The first-order valence-electron chi connectivity index (χ1n) is 12.5. The van der Waals surface area contributed by atoms with Crippen LogP contribution in [0.5, 0.6) is 0 Å². The summed E-state index contributed by atoms with van der Waals surface area (Å²) in [6, 6.07) is 19.8. The van der Waals surface area contributed by atoms with E-state index in [0.717, 1.165) is 51.3 Å². The summed E-state index contributed by atoms with van der Waals surface area (Å²) in [5.74, 6) is -0.431. The van der Waals surface area contributed by atoms with Crippen molar-refractivity contribution in [3.63, 3.8) is 0 Å². The highest BCUT2D eigenvalue weighted by atomic mass is 19.1. The molecular formula is C29H31F2N3O. The molecule has 1 saturated heterocycles. The highest BCUT2D eigenvalue weighted by Crippen LogP contribution is 2.36. The molecule has 4 nitrogen and oxygen atoms in total. The van der Waals surface area contributed by atoms with Crippen LogP contribution in [0, 0.1) is 17.6 Å². The molecule has 0 unspecified atom stereocenters. The topological polar surface area (TPSA) is 36.4 Å². The summed E-state index contributed by atoms with van der Waals surface area (Å²) in [6.07, 6.45) is 6.36. The summed E-state index contributed by atoms with van der Waals surface area (Å²) in [5, 5.41) is 0. The fraction of sp³-hybridized carbons (Fsp3) is 0.379. The molecule has 35 heavy (non-hydrogen) atoms. The van der Waals surface area contributed by atoms with Crippen molar-refractivity contribution in [1.29, 1.82) is 0 Å². The Bertz CT molecular complexity index is 1130. The van der Waals surface area contributed by atoms with Gasteiger partial charge in [0.25, 0.3) is 5.91 Å². The van der Waals surface area contributed by atoms with E-state index in [2.05, 4.69) is 26.9 Å². The number of nitrogens with zero attached hydrogens (tertiary/aromatic N) is 3. The standard InChI is InChI=1S/C29H31F2N3O/c30-24-9-12-26(31)23(19-24)20-33-16-13-22(14-17-33)28(18-21-6-2-1-3-7-21)34(25-10-11-25)29(35)27-8-4-5-15-32-27/h1-9,12,15,19,22,25,28H,10-11,13-14,16-18,20H2/t28-/m1/s1. The van der Waals surface area contributed by atoms with Crippen molar-refractivity contribution in [2.45, 2.75) is 50.7 Å². The van der Waals surface area contributed by atoms with Crippen molar-refractivity contribution in [2.75, 3.05) is 13.1 Å². The summed E-state index contributed by atoms with van der Waals surface area (Å²) < 4.78 is 27.8. The molecular weight excluding hydrogens is 444 g/mol. The van der Waals surface area contributed by atoms with Gasteiger partial charge in [-0.2, -0.15) is 0 Å². The zero-order chi connectivity index (χ0) is 24.2. The highest BCUT2D eigenvalue weighted by molar-refractivity contribution is 5.93. The minimum absolute atomic E-state index is 0.0123. The molecule has 2 heterocycles. The molecule has 1 aliphatic carbocycles. The normalized spacial score (nSPS) is 17.8. The van der Waals surface area contributed by atoms with Gasteiger partial charge in [-0.3, -0.25) is 14.7 Å². The van der Waals surface area contributed by atoms with Crippen LogP contribution in [0.15, 0.2) is 72.9 Å². The largest absolute Gasteiger partial charge is 0.331 e. The van der Waals surface area contributed by atoms with Crippen LogP contribution in [0.4, 0.5) is 8.78 Å². The number of piperidine rings is 1. The molecule has 2 aliphatic rings. The number of carbonyl (C=O) groups is 1. The summed E-state index contributed by atoms with van der Waals surface area (Å²) >= 11 is 0. The number of pyridine rings is 1. The van der Waals surface area contributed by atoms with Crippen LogP contribution in [-0.2, 0) is 13.0 Å². The molecule has 3 aromatic rings. The summed E-state index contributed by atoms with van der Waals surface area (Å²) in [6.45, 7) is 1.99. The van der Waals surface area contributed by atoms with E-state index in [1.54, 1.807) is 12.3 Å². The monoisotopic (exact) mass is 475 g/mol. The summed E-state index contributed by atoms with van der Waals surface area (Å²) in [5.41, 5.74) is 2.12. The number of rotatable bonds is 8. The molecule has 1 atom stereocenters. The van der Waals surface area contributed by atoms with Gasteiger partial charge in [-0.25, -0.2) is 8.78 Å². The van der Waals surface area contributed by atoms with E-state index >= 15 is 0 Å². The fourth-order valence-corrected chi connectivity index (χ4v) is 5.31. The van der Waals surface area contributed by atoms with Crippen LogP contribution in [0.1, 0.15) is 47.3 Å². The van der Waals surface area contributed by atoms with E-state index < -0.39 is 5.82 Å². The molecule has 1 aliphatic heterocycles. The third kappa shape index (κ3) is 5.76. The first kappa shape index (κ1) is 23.6. The molecule has 1 aromatic heterocycles. The Hall–Kier alpha value is -3.12. The van der Waals surface area contributed by atoms with Gasteiger partial charge >= 0.3 is 0 Å². The van der Waals surface area contributed by atoms with Crippen LogP contribution in [0.2, 0.25) is 0 Å². The second kappa shape index (κ2) is 10.6. The lowest BCUT2D eigenvalue weighted by molar-refractivity contribution is 0.0476. The van der Waals surface area contributed by atoms with Gasteiger partial charge in [-0.1, -0.05) is 36.4 Å². The molecule has 0 radical (unpaired) electrons. The van der Waals surface area contributed by atoms with Crippen LogP contribution in [-0.4, -0.2) is 45.9 Å². The minimum Gasteiger partial charge on any atom is -0.331 e. The van der Waals surface area contributed by atoms with Gasteiger partial charge in [0.15, 0.2) is 0 Å². The maximum Gasteiger partial charge on any atom is 0.272 e. The smallest absolute Gasteiger partial charge is 0.272 e. The van der Waals surface area contributed by atoms with Crippen molar-refractivity contribution in [3.8, 4) is 0 Å².